The van der Waals surface area contributed by atoms with Gasteiger partial charge in [-0.2, -0.15) is 26.3 Å². The highest BCUT2D eigenvalue weighted by molar-refractivity contribution is 5.95. The predicted octanol–water partition coefficient (Wildman–Crippen LogP) is 3.09. The SMILES string of the molecule is CO/C(=C/C(=O)C(F)(F)F)CC/C(=C\C(=O)C(F)(F)F)OC. The Morgan fingerprint density at radius 2 is 1.05 bits per heavy atom. The number of hydrogen-bond donors (Lipinski definition) is 0. The zero-order chi connectivity index (χ0) is 17.6. The van der Waals surface area contributed by atoms with Gasteiger partial charge in [0.15, 0.2) is 0 Å². The maximum absolute atomic E-state index is 12.1. The first-order valence-corrected chi connectivity index (χ1v) is 5.63. The first-order chi connectivity index (χ1) is 9.91. The van der Waals surface area contributed by atoms with Crippen LogP contribution >= 0.6 is 0 Å². The lowest BCUT2D eigenvalue weighted by Gasteiger charge is -2.10. The van der Waals surface area contributed by atoms with Crippen LogP contribution in [0, 0.1) is 0 Å². The summed E-state index contributed by atoms with van der Waals surface area (Å²) >= 11 is 0. The van der Waals surface area contributed by atoms with E-state index in [2.05, 4.69) is 9.47 Å². The van der Waals surface area contributed by atoms with E-state index in [1.807, 2.05) is 0 Å². The Labute approximate surface area is 121 Å². The molecule has 0 atom stereocenters. The molecule has 0 N–H and O–H groups in total. The van der Waals surface area contributed by atoms with E-state index < -0.39 is 35.4 Å². The number of rotatable bonds is 7. The average Bonchev–Trinajstić information content (AvgIpc) is 2.38. The van der Waals surface area contributed by atoms with Gasteiger partial charge in [0, 0.05) is 25.0 Å². The third-order valence-corrected chi connectivity index (χ3v) is 2.29. The van der Waals surface area contributed by atoms with Crippen LogP contribution < -0.4 is 0 Å². The number of hydrogen-bond acceptors (Lipinski definition) is 4. The molecule has 0 aromatic heterocycles. The summed E-state index contributed by atoms with van der Waals surface area (Å²) in [6, 6.07) is 0. The van der Waals surface area contributed by atoms with Crippen molar-refractivity contribution in [2.24, 2.45) is 0 Å². The number of allylic oxidation sites excluding steroid dienone is 4. The molecule has 0 heterocycles. The van der Waals surface area contributed by atoms with Crippen LogP contribution in [0.5, 0.6) is 0 Å². The van der Waals surface area contributed by atoms with E-state index >= 15 is 0 Å². The van der Waals surface area contributed by atoms with Gasteiger partial charge in [-0.15, -0.1) is 0 Å². The monoisotopic (exact) mass is 334 g/mol. The minimum atomic E-state index is -5.09. The van der Waals surface area contributed by atoms with E-state index in [4.69, 9.17) is 0 Å². The first kappa shape index (κ1) is 20.0. The zero-order valence-corrected chi connectivity index (χ0v) is 11.5. The average molecular weight is 334 g/mol. The van der Waals surface area contributed by atoms with Gasteiger partial charge in [0.1, 0.15) is 0 Å². The van der Waals surface area contributed by atoms with Gasteiger partial charge in [-0.05, 0) is 0 Å². The molecule has 0 radical (unpaired) electrons. The van der Waals surface area contributed by atoms with Crippen molar-refractivity contribution in [3.8, 4) is 0 Å². The second-order valence-corrected chi connectivity index (χ2v) is 3.85. The summed E-state index contributed by atoms with van der Waals surface area (Å²) in [6.07, 6.45) is -10.5. The Morgan fingerprint density at radius 1 is 0.773 bits per heavy atom. The molecule has 0 aliphatic heterocycles. The molecule has 0 fully saturated rings. The van der Waals surface area contributed by atoms with Crippen molar-refractivity contribution in [1.29, 1.82) is 0 Å². The van der Waals surface area contributed by atoms with Gasteiger partial charge in [-0.25, -0.2) is 0 Å². The Hall–Kier alpha value is -2.00. The fourth-order valence-corrected chi connectivity index (χ4v) is 1.17. The van der Waals surface area contributed by atoms with Crippen LogP contribution in [-0.4, -0.2) is 38.1 Å². The van der Waals surface area contributed by atoms with Crippen LogP contribution in [-0.2, 0) is 19.1 Å². The molecule has 0 amide bonds. The van der Waals surface area contributed by atoms with Crippen molar-refractivity contribution in [1.82, 2.24) is 0 Å². The van der Waals surface area contributed by atoms with Crippen molar-refractivity contribution in [3.05, 3.63) is 23.7 Å². The number of ether oxygens (including phenoxy) is 2. The maximum Gasteiger partial charge on any atom is 0.454 e. The Kier molecular flexibility index (Phi) is 7.14. The minimum Gasteiger partial charge on any atom is -0.501 e. The summed E-state index contributed by atoms with van der Waals surface area (Å²) in [5.74, 6) is -5.16. The van der Waals surface area contributed by atoms with Crippen LogP contribution in [0.1, 0.15) is 12.8 Å². The number of carbonyl (C=O) groups is 2. The second-order valence-electron chi connectivity index (χ2n) is 3.85. The lowest BCUT2D eigenvalue weighted by molar-refractivity contribution is -0.165. The highest BCUT2D eigenvalue weighted by Crippen LogP contribution is 2.22. The van der Waals surface area contributed by atoms with Gasteiger partial charge in [0.25, 0.3) is 11.6 Å². The molecule has 10 heteroatoms. The van der Waals surface area contributed by atoms with Crippen molar-refractivity contribution < 1.29 is 45.4 Å². The molecule has 0 saturated heterocycles. The van der Waals surface area contributed by atoms with E-state index in [0.717, 1.165) is 14.2 Å². The van der Waals surface area contributed by atoms with E-state index in [9.17, 15) is 35.9 Å². The van der Waals surface area contributed by atoms with Crippen LogP contribution in [0.2, 0.25) is 0 Å². The van der Waals surface area contributed by atoms with E-state index in [-0.39, 0.29) is 25.0 Å². The van der Waals surface area contributed by atoms with Crippen molar-refractivity contribution in [2.45, 2.75) is 25.2 Å². The van der Waals surface area contributed by atoms with Crippen LogP contribution in [0.25, 0.3) is 0 Å². The van der Waals surface area contributed by atoms with Crippen molar-refractivity contribution in [2.75, 3.05) is 14.2 Å². The molecule has 0 spiro atoms. The summed E-state index contributed by atoms with van der Waals surface area (Å²) in [6.45, 7) is 0. The standard InChI is InChI=1S/C12H12F6O4/c1-21-7(5-9(19)11(13,14)15)3-4-8(22-2)6-10(20)12(16,17)18/h5-6H,3-4H2,1-2H3/b7-5+,8-6+. The van der Waals surface area contributed by atoms with E-state index in [1.54, 1.807) is 0 Å². The fourth-order valence-electron chi connectivity index (χ4n) is 1.17. The molecule has 22 heavy (non-hydrogen) atoms. The largest absolute Gasteiger partial charge is 0.501 e. The van der Waals surface area contributed by atoms with Gasteiger partial charge in [0.05, 0.1) is 25.7 Å². The van der Waals surface area contributed by atoms with Gasteiger partial charge in [-0.3, -0.25) is 9.59 Å². The predicted molar refractivity (Wildman–Crippen MR) is 61.5 cm³/mol. The molecule has 4 nitrogen and oxygen atoms in total. The number of halogens is 6. The topological polar surface area (TPSA) is 52.6 Å². The third kappa shape index (κ3) is 7.14. The smallest absolute Gasteiger partial charge is 0.454 e. The Balaban J connectivity index is 4.93. The Morgan fingerprint density at radius 3 is 1.23 bits per heavy atom. The molecular formula is C12H12F6O4. The molecule has 0 aromatic rings. The van der Waals surface area contributed by atoms with Crippen molar-refractivity contribution >= 4 is 11.6 Å². The number of methoxy groups -OCH3 is 2. The van der Waals surface area contributed by atoms with Crippen LogP contribution in [0.3, 0.4) is 0 Å². The van der Waals surface area contributed by atoms with E-state index in [0.29, 0.717) is 0 Å². The van der Waals surface area contributed by atoms with Crippen molar-refractivity contribution in [3.63, 3.8) is 0 Å². The molecule has 0 aliphatic carbocycles. The summed E-state index contributed by atoms with van der Waals surface area (Å²) in [4.78, 5) is 21.5. The van der Waals surface area contributed by atoms with Gasteiger partial charge in [0.2, 0.25) is 0 Å². The van der Waals surface area contributed by atoms with E-state index in [1.165, 1.54) is 0 Å². The molecule has 126 valence electrons. The summed E-state index contributed by atoms with van der Waals surface area (Å²) in [7, 11) is 1.99. The Bertz CT molecular complexity index is 429. The highest BCUT2D eigenvalue weighted by Gasteiger charge is 2.38. The summed E-state index contributed by atoms with van der Waals surface area (Å²) in [5, 5.41) is 0. The lowest BCUT2D eigenvalue weighted by atomic mass is 10.1. The molecule has 0 aromatic carbocycles. The first-order valence-electron chi connectivity index (χ1n) is 5.63. The minimum absolute atomic E-state index is 0.179. The fraction of sp³-hybridized carbons (Fsp3) is 0.500. The quantitative estimate of drug-likeness (QED) is 0.408. The summed E-state index contributed by atoms with van der Waals surface area (Å²) < 4.78 is 81.4. The number of carbonyl (C=O) groups excluding carboxylic acids is 2. The third-order valence-electron chi connectivity index (χ3n) is 2.29. The van der Waals surface area contributed by atoms with Gasteiger partial charge < -0.3 is 9.47 Å². The van der Waals surface area contributed by atoms with Crippen LogP contribution in [0.15, 0.2) is 23.7 Å². The lowest BCUT2D eigenvalue weighted by Crippen LogP contribution is -2.21. The number of alkyl halides is 6. The molecule has 0 saturated carbocycles. The second kappa shape index (κ2) is 7.85. The molecule has 0 bridgehead atoms. The van der Waals surface area contributed by atoms with Crippen LogP contribution in [0.4, 0.5) is 26.3 Å². The molecular weight excluding hydrogens is 322 g/mol. The maximum atomic E-state index is 12.1. The molecule has 0 rings (SSSR count). The molecule has 0 unspecified atom stereocenters. The van der Waals surface area contributed by atoms with Gasteiger partial charge >= 0.3 is 12.4 Å². The zero-order valence-electron chi connectivity index (χ0n) is 11.5. The van der Waals surface area contributed by atoms with Gasteiger partial charge in [-0.1, -0.05) is 0 Å². The highest BCUT2D eigenvalue weighted by atomic mass is 19.4. The molecule has 0 aliphatic rings. The summed E-state index contributed by atoms with van der Waals surface area (Å²) in [5.41, 5.74) is 0. The number of ketones is 2. The normalized spacial score (nSPS) is 13.8.